The van der Waals surface area contributed by atoms with Crippen molar-refractivity contribution < 1.29 is 28.5 Å². The lowest BCUT2D eigenvalue weighted by Gasteiger charge is -2.31. The zero-order valence-corrected chi connectivity index (χ0v) is 19.3. The van der Waals surface area contributed by atoms with Crippen LogP contribution in [0.3, 0.4) is 0 Å². The van der Waals surface area contributed by atoms with E-state index in [1.165, 1.54) is 7.11 Å². The van der Waals surface area contributed by atoms with E-state index < -0.39 is 0 Å². The maximum absolute atomic E-state index is 12.9. The minimum absolute atomic E-state index is 0.0960. The molecule has 176 valence electrons. The summed E-state index contributed by atoms with van der Waals surface area (Å²) in [5.74, 6) is 1.81. The number of carbonyl (C=O) groups is 2. The summed E-state index contributed by atoms with van der Waals surface area (Å²) >= 11 is 0. The molecule has 0 radical (unpaired) electrons. The quantitative estimate of drug-likeness (QED) is 0.486. The normalized spacial score (nSPS) is 14.1. The number of methoxy groups -OCH3 is 4. The van der Waals surface area contributed by atoms with Crippen molar-refractivity contribution in [2.24, 2.45) is 11.0 Å². The summed E-state index contributed by atoms with van der Waals surface area (Å²) in [5, 5.41) is 4.06. The molecule has 0 aliphatic carbocycles. The van der Waals surface area contributed by atoms with Crippen molar-refractivity contribution in [2.45, 2.75) is 12.8 Å². The van der Waals surface area contributed by atoms with Gasteiger partial charge in [0.05, 0.1) is 34.7 Å². The summed E-state index contributed by atoms with van der Waals surface area (Å²) in [6.07, 6.45) is 2.68. The van der Waals surface area contributed by atoms with Crippen LogP contribution in [0, 0.1) is 5.92 Å². The minimum atomic E-state index is -0.206. The summed E-state index contributed by atoms with van der Waals surface area (Å²) in [5.41, 5.74) is 3.89. The molecule has 1 aliphatic heterocycles. The van der Waals surface area contributed by atoms with Gasteiger partial charge in [0.15, 0.2) is 23.0 Å². The number of hydrogen-bond donors (Lipinski definition) is 1. The van der Waals surface area contributed by atoms with E-state index in [1.807, 2.05) is 6.07 Å². The summed E-state index contributed by atoms with van der Waals surface area (Å²) in [6, 6.07) is 10.5. The molecular formula is C24H29N3O6. The van der Waals surface area contributed by atoms with Crippen molar-refractivity contribution in [3.05, 3.63) is 47.5 Å². The Morgan fingerprint density at radius 3 is 2.06 bits per heavy atom. The SMILES string of the molecule is COc1ccc(/C=N\NC(=O)C2CCN(C(=O)c3ccc(OC)c(OC)c3)CC2)cc1OC. The first kappa shape index (κ1) is 23.9. The molecule has 1 saturated heterocycles. The Bertz CT molecular complexity index is 1020. The highest BCUT2D eigenvalue weighted by atomic mass is 16.5. The van der Waals surface area contributed by atoms with Crippen molar-refractivity contribution in [3.8, 4) is 23.0 Å². The number of amides is 2. The Kier molecular flexibility index (Phi) is 8.12. The molecule has 3 rings (SSSR count). The van der Waals surface area contributed by atoms with Gasteiger partial charge >= 0.3 is 0 Å². The molecule has 0 bridgehead atoms. The lowest BCUT2D eigenvalue weighted by Crippen LogP contribution is -2.42. The Morgan fingerprint density at radius 2 is 1.45 bits per heavy atom. The van der Waals surface area contributed by atoms with E-state index in [-0.39, 0.29) is 17.7 Å². The van der Waals surface area contributed by atoms with Crippen LogP contribution in [-0.4, -0.2) is 64.5 Å². The molecule has 0 saturated carbocycles. The van der Waals surface area contributed by atoms with Crippen LogP contribution in [0.1, 0.15) is 28.8 Å². The van der Waals surface area contributed by atoms with Crippen molar-refractivity contribution >= 4 is 18.0 Å². The number of piperidine rings is 1. The second-order valence-electron chi connectivity index (χ2n) is 7.48. The highest BCUT2D eigenvalue weighted by molar-refractivity contribution is 5.95. The van der Waals surface area contributed by atoms with Gasteiger partial charge in [-0.2, -0.15) is 5.10 Å². The van der Waals surface area contributed by atoms with Gasteiger partial charge in [0.25, 0.3) is 5.91 Å². The third-order valence-corrected chi connectivity index (χ3v) is 5.58. The maximum atomic E-state index is 12.9. The molecule has 2 aromatic rings. The van der Waals surface area contributed by atoms with Crippen molar-refractivity contribution in [3.63, 3.8) is 0 Å². The van der Waals surface area contributed by atoms with Gasteiger partial charge in [-0.15, -0.1) is 0 Å². The van der Waals surface area contributed by atoms with Crippen LogP contribution in [0.4, 0.5) is 0 Å². The van der Waals surface area contributed by atoms with Crippen molar-refractivity contribution in [1.82, 2.24) is 10.3 Å². The number of ether oxygens (including phenoxy) is 4. The van der Waals surface area contributed by atoms with Crippen LogP contribution in [0.2, 0.25) is 0 Å². The number of benzene rings is 2. The van der Waals surface area contributed by atoms with Gasteiger partial charge in [-0.25, -0.2) is 5.43 Å². The highest BCUT2D eigenvalue weighted by Crippen LogP contribution is 2.29. The molecule has 1 N–H and O–H groups in total. The van der Waals surface area contributed by atoms with Crippen LogP contribution in [0.5, 0.6) is 23.0 Å². The lowest BCUT2D eigenvalue weighted by molar-refractivity contribution is -0.126. The number of hydrogen-bond acceptors (Lipinski definition) is 7. The van der Waals surface area contributed by atoms with Gasteiger partial charge in [0, 0.05) is 24.6 Å². The average Bonchev–Trinajstić information content (AvgIpc) is 2.87. The predicted molar refractivity (Wildman–Crippen MR) is 123 cm³/mol. The topological polar surface area (TPSA) is 98.7 Å². The van der Waals surface area contributed by atoms with E-state index >= 15 is 0 Å². The fraction of sp³-hybridized carbons (Fsp3) is 0.375. The van der Waals surface area contributed by atoms with Crippen LogP contribution in [-0.2, 0) is 4.79 Å². The summed E-state index contributed by atoms with van der Waals surface area (Å²) in [7, 11) is 6.21. The molecule has 33 heavy (non-hydrogen) atoms. The molecule has 1 heterocycles. The number of nitrogens with one attached hydrogen (secondary N) is 1. The van der Waals surface area contributed by atoms with E-state index in [0.717, 1.165) is 5.56 Å². The minimum Gasteiger partial charge on any atom is -0.493 e. The van der Waals surface area contributed by atoms with Crippen molar-refractivity contribution in [1.29, 1.82) is 0 Å². The lowest BCUT2D eigenvalue weighted by atomic mass is 9.95. The van der Waals surface area contributed by atoms with Gasteiger partial charge in [-0.1, -0.05) is 0 Å². The zero-order valence-electron chi connectivity index (χ0n) is 19.3. The number of nitrogens with zero attached hydrogens (tertiary/aromatic N) is 2. The van der Waals surface area contributed by atoms with E-state index in [2.05, 4.69) is 10.5 Å². The number of carbonyl (C=O) groups excluding carboxylic acids is 2. The van der Waals surface area contributed by atoms with Crippen LogP contribution in [0.25, 0.3) is 0 Å². The molecule has 0 unspecified atom stereocenters. The smallest absolute Gasteiger partial charge is 0.253 e. The molecule has 2 amide bonds. The molecular weight excluding hydrogens is 426 g/mol. The van der Waals surface area contributed by atoms with Crippen LogP contribution in [0.15, 0.2) is 41.5 Å². The maximum Gasteiger partial charge on any atom is 0.253 e. The zero-order chi connectivity index (χ0) is 23.8. The third-order valence-electron chi connectivity index (χ3n) is 5.58. The van der Waals surface area contributed by atoms with Crippen LogP contribution >= 0.6 is 0 Å². The fourth-order valence-corrected chi connectivity index (χ4v) is 3.69. The molecule has 9 heteroatoms. The fourth-order valence-electron chi connectivity index (χ4n) is 3.69. The van der Waals surface area contributed by atoms with Gasteiger partial charge in [0.1, 0.15) is 0 Å². The van der Waals surface area contributed by atoms with E-state index in [0.29, 0.717) is 54.5 Å². The monoisotopic (exact) mass is 455 g/mol. The van der Waals surface area contributed by atoms with Gasteiger partial charge < -0.3 is 23.8 Å². The summed E-state index contributed by atoms with van der Waals surface area (Å²) in [6.45, 7) is 0.981. The largest absolute Gasteiger partial charge is 0.493 e. The standard InChI is InChI=1S/C24H29N3O6/c1-30-19-7-5-16(13-21(19)32-3)15-25-26-23(28)17-9-11-27(12-10-17)24(29)18-6-8-20(31-2)22(14-18)33-4/h5-8,13-15,17H,9-12H2,1-4H3,(H,26,28)/b25-15-. The third kappa shape index (κ3) is 5.74. The van der Waals surface area contributed by atoms with Gasteiger partial charge in [-0.05, 0) is 54.8 Å². The van der Waals surface area contributed by atoms with E-state index in [1.54, 1.807) is 62.8 Å². The Hall–Kier alpha value is -3.75. The Balaban J connectivity index is 1.53. The number of likely N-dealkylation sites (tertiary alicyclic amines) is 1. The highest BCUT2D eigenvalue weighted by Gasteiger charge is 2.28. The number of rotatable bonds is 8. The number of hydrazone groups is 1. The second kappa shape index (κ2) is 11.2. The van der Waals surface area contributed by atoms with Crippen LogP contribution < -0.4 is 24.4 Å². The van der Waals surface area contributed by atoms with E-state index in [9.17, 15) is 9.59 Å². The molecule has 0 spiro atoms. The van der Waals surface area contributed by atoms with Gasteiger partial charge in [0.2, 0.25) is 5.91 Å². The first-order valence-electron chi connectivity index (χ1n) is 10.6. The summed E-state index contributed by atoms with van der Waals surface area (Å²) in [4.78, 5) is 27.1. The molecule has 0 aromatic heterocycles. The molecule has 9 nitrogen and oxygen atoms in total. The predicted octanol–water partition coefficient (Wildman–Crippen LogP) is 2.72. The molecule has 0 atom stereocenters. The molecule has 1 aliphatic rings. The Labute approximate surface area is 193 Å². The molecule has 2 aromatic carbocycles. The summed E-state index contributed by atoms with van der Waals surface area (Å²) < 4.78 is 21.0. The van der Waals surface area contributed by atoms with E-state index in [4.69, 9.17) is 18.9 Å². The second-order valence-corrected chi connectivity index (χ2v) is 7.48. The molecule has 1 fully saturated rings. The van der Waals surface area contributed by atoms with Crippen molar-refractivity contribution in [2.75, 3.05) is 41.5 Å². The average molecular weight is 456 g/mol. The first-order chi connectivity index (χ1) is 16.0. The van der Waals surface area contributed by atoms with Gasteiger partial charge in [-0.3, -0.25) is 9.59 Å². The Morgan fingerprint density at radius 1 is 0.879 bits per heavy atom. The first-order valence-corrected chi connectivity index (χ1v) is 10.6.